The highest BCUT2D eigenvalue weighted by molar-refractivity contribution is 5.09. The summed E-state index contributed by atoms with van der Waals surface area (Å²) in [5.74, 6) is 5.92. The van der Waals surface area contributed by atoms with Crippen LogP contribution in [0.1, 0.15) is 64.8 Å². The Morgan fingerprint density at radius 1 is 1.12 bits per heavy atom. The first-order chi connectivity index (χ1) is 11.8. The molecule has 5 nitrogen and oxygen atoms in total. The second kappa shape index (κ2) is 12.6. The number of hydrogen-bond donors (Lipinski definition) is 0. The Morgan fingerprint density at radius 2 is 1.75 bits per heavy atom. The lowest BCUT2D eigenvalue weighted by molar-refractivity contribution is 0.239. The summed E-state index contributed by atoms with van der Waals surface area (Å²) in [6.07, 6.45) is 10.1. The molecule has 0 N–H and O–H groups in total. The van der Waals surface area contributed by atoms with Crippen molar-refractivity contribution in [3.05, 3.63) is 22.7 Å². The second-order valence-electron chi connectivity index (χ2n) is 5.53. The van der Waals surface area contributed by atoms with E-state index in [1.165, 1.54) is 32.1 Å². The zero-order valence-electron chi connectivity index (χ0n) is 15.2. The average Bonchev–Trinajstić information content (AvgIpc) is 2.57. The van der Waals surface area contributed by atoms with Crippen LogP contribution in [0, 0.1) is 11.8 Å². The molecule has 1 aromatic heterocycles. The van der Waals surface area contributed by atoms with Gasteiger partial charge in [-0.25, -0.2) is 4.79 Å². The Labute approximate surface area is 145 Å². The van der Waals surface area contributed by atoms with Crippen LogP contribution in [0.3, 0.4) is 0 Å². The van der Waals surface area contributed by atoms with E-state index in [9.17, 15) is 4.79 Å². The standard InChI is InChI=1S/C17H24N2O3.C2H6/c1-21-13-7-8-14-22-16-11-12-19(17(20)18-16)15-9-5-3-2-4-6-10-15;1-2/h11-12,15H,2-6,9-10,13-14H2,1H3;1-2H3. The van der Waals surface area contributed by atoms with E-state index >= 15 is 0 Å². The van der Waals surface area contributed by atoms with Gasteiger partial charge in [0.25, 0.3) is 0 Å². The van der Waals surface area contributed by atoms with Crippen LogP contribution < -0.4 is 10.4 Å². The number of rotatable bonds is 4. The zero-order chi connectivity index (χ0) is 17.6. The minimum absolute atomic E-state index is 0.212. The van der Waals surface area contributed by atoms with Crippen LogP contribution in [0.15, 0.2) is 17.1 Å². The Balaban J connectivity index is 0.00000139. The Kier molecular flexibility index (Phi) is 10.6. The van der Waals surface area contributed by atoms with Crippen molar-refractivity contribution in [2.45, 2.75) is 64.8 Å². The van der Waals surface area contributed by atoms with Crippen LogP contribution in [-0.2, 0) is 4.74 Å². The summed E-state index contributed by atoms with van der Waals surface area (Å²) in [5, 5.41) is 0. The maximum Gasteiger partial charge on any atom is 0.351 e. The molecule has 0 radical (unpaired) electrons. The van der Waals surface area contributed by atoms with Gasteiger partial charge in [0, 0.05) is 25.4 Å². The van der Waals surface area contributed by atoms with Gasteiger partial charge in [-0.1, -0.05) is 57.8 Å². The van der Waals surface area contributed by atoms with Gasteiger partial charge in [-0.15, -0.1) is 0 Å². The Bertz CT molecular complexity index is 564. The monoisotopic (exact) mass is 334 g/mol. The summed E-state index contributed by atoms with van der Waals surface area (Å²) in [4.78, 5) is 16.2. The molecule has 0 aliphatic heterocycles. The molecule has 0 amide bonds. The molecule has 0 spiro atoms. The lowest BCUT2D eigenvalue weighted by Crippen LogP contribution is -2.27. The van der Waals surface area contributed by atoms with Crippen LogP contribution in [0.25, 0.3) is 0 Å². The molecule has 1 aliphatic carbocycles. The van der Waals surface area contributed by atoms with E-state index in [0.29, 0.717) is 12.5 Å². The first-order valence-electron chi connectivity index (χ1n) is 8.98. The van der Waals surface area contributed by atoms with Crippen molar-refractivity contribution in [2.24, 2.45) is 0 Å². The summed E-state index contributed by atoms with van der Waals surface area (Å²) in [6.45, 7) is 4.59. The predicted molar refractivity (Wildman–Crippen MR) is 96.3 cm³/mol. The first-order valence-corrected chi connectivity index (χ1v) is 8.98. The molecule has 5 heteroatoms. The molecule has 1 aliphatic rings. The number of ether oxygens (including phenoxy) is 2. The molecule has 1 heterocycles. The zero-order valence-corrected chi connectivity index (χ0v) is 15.2. The molecule has 2 rings (SSSR count). The fraction of sp³-hybridized carbons (Fsp3) is 0.684. The van der Waals surface area contributed by atoms with Crippen molar-refractivity contribution >= 4 is 0 Å². The third-order valence-corrected chi connectivity index (χ3v) is 3.91. The molecule has 134 valence electrons. The van der Waals surface area contributed by atoms with Gasteiger partial charge in [-0.2, -0.15) is 4.98 Å². The summed E-state index contributed by atoms with van der Waals surface area (Å²) < 4.78 is 11.9. The van der Waals surface area contributed by atoms with Crippen molar-refractivity contribution in [3.63, 3.8) is 0 Å². The van der Waals surface area contributed by atoms with Gasteiger partial charge in [0.05, 0.1) is 0 Å². The topological polar surface area (TPSA) is 53.4 Å². The van der Waals surface area contributed by atoms with E-state index < -0.39 is 0 Å². The molecule has 0 saturated heterocycles. The molecule has 0 aromatic carbocycles. The van der Waals surface area contributed by atoms with Gasteiger partial charge in [0.2, 0.25) is 5.88 Å². The maximum absolute atomic E-state index is 12.2. The van der Waals surface area contributed by atoms with Crippen LogP contribution >= 0.6 is 0 Å². The number of hydrogen-bond acceptors (Lipinski definition) is 4. The minimum atomic E-state index is -0.229. The third kappa shape index (κ3) is 7.18. The molecule has 0 atom stereocenters. The highest BCUT2D eigenvalue weighted by Gasteiger charge is 2.15. The normalized spacial score (nSPS) is 15.1. The largest absolute Gasteiger partial charge is 0.464 e. The molecule has 24 heavy (non-hydrogen) atoms. The second-order valence-corrected chi connectivity index (χ2v) is 5.53. The predicted octanol–water partition coefficient (Wildman–Crippen LogP) is 3.58. The molecular formula is C19H30N2O3. The smallest absolute Gasteiger partial charge is 0.351 e. The number of methoxy groups -OCH3 is 1. The van der Waals surface area contributed by atoms with Crippen molar-refractivity contribution in [2.75, 3.05) is 20.3 Å². The molecule has 0 bridgehead atoms. The molecular weight excluding hydrogens is 304 g/mol. The van der Waals surface area contributed by atoms with Crippen LogP contribution in [0.4, 0.5) is 0 Å². The maximum atomic E-state index is 12.2. The van der Waals surface area contributed by atoms with Crippen molar-refractivity contribution in [1.82, 2.24) is 9.55 Å². The van der Waals surface area contributed by atoms with Gasteiger partial charge in [-0.3, -0.25) is 4.57 Å². The van der Waals surface area contributed by atoms with E-state index in [1.807, 2.05) is 13.8 Å². The van der Waals surface area contributed by atoms with Crippen LogP contribution in [-0.4, -0.2) is 29.9 Å². The lowest BCUT2D eigenvalue weighted by Gasteiger charge is -2.21. The molecule has 1 fully saturated rings. The average molecular weight is 334 g/mol. The quantitative estimate of drug-likeness (QED) is 0.790. The molecule has 1 saturated carbocycles. The van der Waals surface area contributed by atoms with E-state index in [2.05, 4.69) is 16.8 Å². The van der Waals surface area contributed by atoms with Crippen molar-refractivity contribution < 1.29 is 9.47 Å². The fourth-order valence-electron chi connectivity index (χ4n) is 2.75. The highest BCUT2D eigenvalue weighted by Crippen LogP contribution is 2.25. The Morgan fingerprint density at radius 3 is 2.38 bits per heavy atom. The molecule has 0 unspecified atom stereocenters. The lowest BCUT2D eigenvalue weighted by atomic mass is 9.96. The van der Waals surface area contributed by atoms with Gasteiger partial charge >= 0.3 is 5.69 Å². The van der Waals surface area contributed by atoms with E-state index in [-0.39, 0.29) is 18.3 Å². The first kappa shape index (κ1) is 20.2. The van der Waals surface area contributed by atoms with Crippen molar-refractivity contribution in [3.8, 4) is 17.7 Å². The van der Waals surface area contributed by atoms with Gasteiger partial charge < -0.3 is 9.47 Å². The summed E-state index contributed by atoms with van der Waals surface area (Å²) >= 11 is 0. The summed E-state index contributed by atoms with van der Waals surface area (Å²) in [7, 11) is 1.59. The number of aromatic nitrogens is 2. The minimum Gasteiger partial charge on any atom is -0.464 e. The van der Waals surface area contributed by atoms with E-state index in [0.717, 1.165) is 12.8 Å². The van der Waals surface area contributed by atoms with Gasteiger partial charge in [0.15, 0.2) is 6.61 Å². The van der Waals surface area contributed by atoms with Crippen molar-refractivity contribution in [1.29, 1.82) is 0 Å². The van der Waals surface area contributed by atoms with Crippen LogP contribution in [0.2, 0.25) is 0 Å². The Hall–Kier alpha value is -1.80. The third-order valence-electron chi connectivity index (χ3n) is 3.91. The highest BCUT2D eigenvalue weighted by atomic mass is 16.5. The van der Waals surface area contributed by atoms with Gasteiger partial charge in [0.1, 0.15) is 6.61 Å². The van der Waals surface area contributed by atoms with Crippen LogP contribution in [0.5, 0.6) is 5.88 Å². The van der Waals surface area contributed by atoms with E-state index in [1.54, 1.807) is 23.9 Å². The fourth-order valence-corrected chi connectivity index (χ4v) is 2.75. The summed E-state index contributed by atoms with van der Waals surface area (Å²) in [6, 6.07) is 2.02. The SMILES string of the molecule is CC.COCC#CCOc1ccn(C2CCCCCCC2)c(=O)n1. The number of nitrogens with zero attached hydrogens (tertiary/aromatic N) is 2. The van der Waals surface area contributed by atoms with E-state index in [4.69, 9.17) is 9.47 Å². The van der Waals surface area contributed by atoms with Gasteiger partial charge in [-0.05, 0) is 12.8 Å². The molecule has 1 aromatic rings. The summed E-state index contributed by atoms with van der Waals surface area (Å²) in [5.41, 5.74) is -0.229.